The molecule has 1 unspecified atom stereocenters. The molecule has 1 aliphatic rings. The second kappa shape index (κ2) is 10.8. The minimum Gasteiger partial charge on any atom is -0.494 e. The van der Waals surface area contributed by atoms with E-state index in [2.05, 4.69) is 16.4 Å². The van der Waals surface area contributed by atoms with E-state index in [4.69, 9.17) is 9.47 Å². The van der Waals surface area contributed by atoms with Crippen LogP contribution in [0.5, 0.6) is 11.5 Å². The maximum Gasteiger partial charge on any atom is 0.425 e. The highest BCUT2D eigenvalue weighted by molar-refractivity contribution is 6.83. The first-order valence-electron chi connectivity index (χ1n) is 11.7. The van der Waals surface area contributed by atoms with Crippen molar-refractivity contribution in [1.29, 1.82) is 5.26 Å². The number of likely N-dealkylation sites (tertiary alicyclic amines) is 1. The normalized spacial score (nSPS) is 15.0. The van der Waals surface area contributed by atoms with Crippen LogP contribution in [0.3, 0.4) is 0 Å². The number of amides is 1. The van der Waals surface area contributed by atoms with Gasteiger partial charge in [-0.2, -0.15) is 31.6 Å². The van der Waals surface area contributed by atoms with Crippen LogP contribution in [-0.2, 0) is 6.18 Å². The largest absolute Gasteiger partial charge is 0.494 e. The SMILES string of the molecule is COc1c(C#N)ccc(OC(C)C(F)(F)F)c1C(=O)N1CC(c2ncc(C(F)(F)F)cc2C#C[Si](C)(C)C)C1. The topological polar surface area (TPSA) is 75.5 Å². The van der Waals surface area contributed by atoms with Gasteiger partial charge in [0.25, 0.3) is 5.91 Å². The van der Waals surface area contributed by atoms with E-state index in [1.54, 1.807) is 0 Å². The Kier molecular flexibility index (Phi) is 8.27. The number of ether oxygens (including phenoxy) is 2. The molecule has 1 aromatic carbocycles. The highest BCUT2D eigenvalue weighted by atomic mass is 28.3. The molecule has 13 heteroatoms. The molecule has 0 aliphatic carbocycles. The average Bonchev–Trinajstić information content (AvgIpc) is 2.79. The van der Waals surface area contributed by atoms with Crippen LogP contribution in [-0.4, -0.2) is 56.3 Å². The predicted molar refractivity (Wildman–Crippen MR) is 132 cm³/mol. The Bertz CT molecular complexity index is 1360. The third kappa shape index (κ3) is 6.84. The van der Waals surface area contributed by atoms with Crippen molar-refractivity contribution in [1.82, 2.24) is 9.88 Å². The van der Waals surface area contributed by atoms with E-state index in [0.29, 0.717) is 6.20 Å². The lowest BCUT2D eigenvalue weighted by atomic mass is 9.91. The molecular formula is C26H25F6N3O3Si. The van der Waals surface area contributed by atoms with Gasteiger partial charge in [0.15, 0.2) is 11.9 Å². The number of rotatable bonds is 5. The molecule has 1 saturated heterocycles. The molecule has 0 bridgehead atoms. The van der Waals surface area contributed by atoms with Crippen molar-refractivity contribution in [3.05, 3.63) is 52.3 Å². The molecule has 0 N–H and O–H groups in total. The van der Waals surface area contributed by atoms with Gasteiger partial charge in [-0.05, 0) is 25.1 Å². The van der Waals surface area contributed by atoms with Gasteiger partial charge in [-0.15, -0.1) is 5.54 Å². The van der Waals surface area contributed by atoms with E-state index in [1.165, 1.54) is 18.1 Å². The van der Waals surface area contributed by atoms with Crippen molar-refractivity contribution in [2.45, 2.75) is 50.9 Å². The molecule has 208 valence electrons. The molecular weight excluding hydrogens is 544 g/mol. The molecule has 2 heterocycles. The van der Waals surface area contributed by atoms with Crippen LogP contribution >= 0.6 is 0 Å². The number of benzene rings is 1. The zero-order valence-electron chi connectivity index (χ0n) is 21.7. The molecule has 1 aromatic heterocycles. The standard InChI is InChI=1S/C26H25F6N3O3Si/c1-15(25(27,28)29)38-20-7-6-17(11-33)23(37-2)21(20)24(36)35-13-18(14-35)22-16(8-9-39(3,4)5)10-19(12-34-22)26(30,31)32/h6-7,10,12,15,18H,13-14H2,1-5H3. The van der Waals surface area contributed by atoms with Gasteiger partial charge in [0.05, 0.1) is 23.9 Å². The number of carbonyl (C=O) groups is 1. The van der Waals surface area contributed by atoms with Crippen molar-refractivity contribution in [2.75, 3.05) is 20.2 Å². The van der Waals surface area contributed by atoms with Gasteiger partial charge < -0.3 is 14.4 Å². The van der Waals surface area contributed by atoms with Crippen LogP contribution in [0.15, 0.2) is 24.4 Å². The minimum absolute atomic E-state index is 0.00697. The van der Waals surface area contributed by atoms with Crippen molar-refractivity contribution in [3.63, 3.8) is 0 Å². The van der Waals surface area contributed by atoms with Crippen molar-refractivity contribution in [3.8, 4) is 29.0 Å². The summed E-state index contributed by atoms with van der Waals surface area (Å²) >= 11 is 0. The van der Waals surface area contributed by atoms with E-state index in [9.17, 15) is 36.4 Å². The van der Waals surface area contributed by atoms with E-state index < -0.39 is 49.7 Å². The zero-order valence-corrected chi connectivity index (χ0v) is 22.7. The molecule has 0 saturated carbocycles. The zero-order chi connectivity index (χ0) is 29.3. The van der Waals surface area contributed by atoms with E-state index in [1.807, 2.05) is 25.7 Å². The Hall–Kier alpha value is -3.71. The Morgan fingerprint density at radius 2 is 1.79 bits per heavy atom. The molecule has 1 fully saturated rings. The Morgan fingerprint density at radius 1 is 1.15 bits per heavy atom. The number of methoxy groups -OCH3 is 1. The summed E-state index contributed by atoms with van der Waals surface area (Å²) in [6.07, 6.45) is -10.9. The smallest absolute Gasteiger partial charge is 0.425 e. The van der Waals surface area contributed by atoms with Gasteiger partial charge in [-0.3, -0.25) is 9.78 Å². The molecule has 6 nitrogen and oxygen atoms in total. The molecule has 1 aliphatic heterocycles. The summed E-state index contributed by atoms with van der Waals surface area (Å²) < 4.78 is 89.6. The molecule has 1 amide bonds. The number of aromatic nitrogens is 1. The van der Waals surface area contributed by atoms with Gasteiger partial charge in [0.2, 0.25) is 0 Å². The Balaban J connectivity index is 1.95. The van der Waals surface area contributed by atoms with Crippen molar-refractivity contribution < 1.29 is 40.6 Å². The summed E-state index contributed by atoms with van der Waals surface area (Å²) in [5.41, 5.74) is 2.04. The first kappa shape index (κ1) is 29.8. The van der Waals surface area contributed by atoms with Gasteiger partial charge in [0, 0.05) is 30.8 Å². The lowest BCUT2D eigenvalue weighted by molar-refractivity contribution is -0.189. The lowest BCUT2D eigenvalue weighted by Crippen LogP contribution is -2.49. The van der Waals surface area contributed by atoms with Crippen LogP contribution in [0.2, 0.25) is 19.6 Å². The number of hydrogen-bond acceptors (Lipinski definition) is 5. The highest BCUT2D eigenvalue weighted by Crippen LogP contribution is 2.39. The fourth-order valence-electron chi connectivity index (χ4n) is 3.71. The maximum atomic E-state index is 13.4. The summed E-state index contributed by atoms with van der Waals surface area (Å²) in [6, 6.07) is 5.04. The first-order valence-corrected chi connectivity index (χ1v) is 15.2. The van der Waals surface area contributed by atoms with E-state index >= 15 is 0 Å². The summed E-state index contributed by atoms with van der Waals surface area (Å²) in [7, 11) is -0.786. The second-order valence-corrected chi connectivity index (χ2v) is 14.7. The second-order valence-electron chi connectivity index (χ2n) is 9.99. The molecule has 39 heavy (non-hydrogen) atoms. The molecule has 0 radical (unpaired) electrons. The molecule has 2 aromatic rings. The number of nitrogens with zero attached hydrogens (tertiary/aromatic N) is 3. The maximum absolute atomic E-state index is 13.4. The quantitative estimate of drug-likeness (QED) is 0.259. The third-order valence-electron chi connectivity index (χ3n) is 5.80. The molecule has 3 rings (SSSR count). The highest BCUT2D eigenvalue weighted by Gasteiger charge is 2.41. The Labute approximate surface area is 222 Å². The minimum atomic E-state index is -4.72. The number of alkyl halides is 6. The van der Waals surface area contributed by atoms with E-state index in [0.717, 1.165) is 19.1 Å². The number of carbonyl (C=O) groups excluding carboxylic acids is 1. The number of pyridine rings is 1. The lowest BCUT2D eigenvalue weighted by Gasteiger charge is -2.40. The predicted octanol–water partition coefficient (Wildman–Crippen LogP) is 5.78. The average molecular weight is 570 g/mol. The third-order valence-corrected chi connectivity index (χ3v) is 6.67. The molecule has 1 atom stereocenters. The number of nitriles is 1. The number of hydrogen-bond donors (Lipinski definition) is 0. The van der Waals surface area contributed by atoms with Crippen LogP contribution in [0.1, 0.15) is 45.6 Å². The fourth-order valence-corrected chi connectivity index (χ4v) is 4.22. The first-order chi connectivity index (χ1) is 18.0. The fraction of sp³-hybridized carbons (Fsp3) is 0.423. The summed E-state index contributed by atoms with van der Waals surface area (Å²) in [6.45, 7) is 6.60. The number of halogens is 6. The van der Waals surface area contributed by atoms with Crippen LogP contribution in [0.4, 0.5) is 26.3 Å². The monoisotopic (exact) mass is 569 g/mol. The summed E-state index contributed by atoms with van der Waals surface area (Å²) in [4.78, 5) is 18.7. The van der Waals surface area contributed by atoms with Crippen LogP contribution in [0.25, 0.3) is 0 Å². The molecule has 0 spiro atoms. The van der Waals surface area contributed by atoms with Crippen molar-refractivity contribution in [2.24, 2.45) is 0 Å². The van der Waals surface area contributed by atoms with E-state index in [-0.39, 0.29) is 41.2 Å². The van der Waals surface area contributed by atoms with Crippen LogP contribution in [0, 0.1) is 22.8 Å². The summed E-state index contributed by atoms with van der Waals surface area (Å²) in [5, 5.41) is 9.40. The van der Waals surface area contributed by atoms with Gasteiger partial charge >= 0.3 is 12.4 Å². The summed E-state index contributed by atoms with van der Waals surface area (Å²) in [5.74, 6) is 0.945. The van der Waals surface area contributed by atoms with Crippen molar-refractivity contribution >= 4 is 14.0 Å². The Morgan fingerprint density at radius 3 is 2.31 bits per heavy atom. The van der Waals surface area contributed by atoms with Crippen LogP contribution < -0.4 is 9.47 Å². The van der Waals surface area contributed by atoms with Gasteiger partial charge in [-0.1, -0.05) is 25.6 Å². The van der Waals surface area contributed by atoms with Gasteiger partial charge in [0.1, 0.15) is 25.5 Å². The van der Waals surface area contributed by atoms with Gasteiger partial charge in [-0.25, -0.2) is 0 Å².